The minimum Gasteiger partial charge on any atom is -0.494 e. The SMILES string of the molecule is CCOc1cccc(NCC(C)Oc2ccccc2C)c1. The Balaban J connectivity index is 1.88. The Bertz CT molecular complexity index is 569. The van der Waals surface area contributed by atoms with Crippen LogP contribution in [-0.2, 0) is 0 Å². The van der Waals surface area contributed by atoms with Gasteiger partial charge in [-0.3, -0.25) is 0 Å². The van der Waals surface area contributed by atoms with Crippen molar-refractivity contribution >= 4 is 5.69 Å². The number of aryl methyl sites for hydroxylation is 1. The van der Waals surface area contributed by atoms with E-state index in [1.54, 1.807) is 0 Å². The predicted octanol–water partition coefficient (Wildman–Crippen LogP) is 4.27. The van der Waals surface area contributed by atoms with Gasteiger partial charge in [0.1, 0.15) is 17.6 Å². The topological polar surface area (TPSA) is 30.5 Å². The van der Waals surface area contributed by atoms with Crippen LogP contribution in [0.5, 0.6) is 11.5 Å². The molecule has 0 spiro atoms. The Kier molecular flexibility index (Phi) is 5.50. The minimum atomic E-state index is 0.0850. The van der Waals surface area contributed by atoms with Crippen molar-refractivity contribution in [3.05, 3.63) is 54.1 Å². The summed E-state index contributed by atoms with van der Waals surface area (Å²) in [5, 5.41) is 3.38. The Hall–Kier alpha value is -2.16. The molecule has 3 heteroatoms. The van der Waals surface area contributed by atoms with E-state index < -0.39 is 0 Å². The van der Waals surface area contributed by atoms with Gasteiger partial charge in [-0.05, 0) is 44.5 Å². The number of nitrogens with one attached hydrogen (secondary N) is 1. The summed E-state index contributed by atoms with van der Waals surface area (Å²) in [6.07, 6.45) is 0.0850. The van der Waals surface area contributed by atoms with Crippen molar-refractivity contribution in [2.24, 2.45) is 0 Å². The molecule has 0 aliphatic heterocycles. The summed E-state index contributed by atoms with van der Waals surface area (Å²) in [6, 6.07) is 16.1. The van der Waals surface area contributed by atoms with Crippen LogP contribution in [0, 0.1) is 6.92 Å². The van der Waals surface area contributed by atoms with Gasteiger partial charge in [0.2, 0.25) is 0 Å². The molecule has 0 amide bonds. The molecule has 0 saturated heterocycles. The Morgan fingerprint density at radius 1 is 1.10 bits per heavy atom. The molecule has 0 heterocycles. The highest BCUT2D eigenvalue weighted by Gasteiger charge is 2.06. The average molecular weight is 285 g/mol. The van der Waals surface area contributed by atoms with Crippen molar-refractivity contribution in [3.8, 4) is 11.5 Å². The van der Waals surface area contributed by atoms with Crippen molar-refractivity contribution in [1.29, 1.82) is 0 Å². The van der Waals surface area contributed by atoms with E-state index >= 15 is 0 Å². The largest absolute Gasteiger partial charge is 0.494 e. The second kappa shape index (κ2) is 7.58. The molecule has 0 radical (unpaired) electrons. The predicted molar refractivity (Wildman–Crippen MR) is 87.4 cm³/mol. The summed E-state index contributed by atoms with van der Waals surface area (Å²) in [7, 11) is 0. The lowest BCUT2D eigenvalue weighted by Gasteiger charge is -2.17. The van der Waals surface area contributed by atoms with E-state index in [0.717, 1.165) is 29.3 Å². The smallest absolute Gasteiger partial charge is 0.122 e. The maximum atomic E-state index is 5.95. The normalized spacial score (nSPS) is 11.8. The van der Waals surface area contributed by atoms with E-state index in [1.165, 1.54) is 0 Å². The van der Waals surface area contributed by atoms with E-state index in [2.05, 4.69) is 25.2 Å². The molecule has 2 aromatic rings. The van der Waals surface area contributed by atoms with Gasteiger partial charge in [0, 0.05) is 11.8 Å². The number of rotatable bonds is 7. The summed E-state index contributed by atoms with van der Waals surface area (Å²) < 4.78 is 11.4. The lowest BCUT2D eigenvalue weighted by Crippen LogP contribution is -2.23. The van der Waals surface area contributed by atoms with E-state index in [0.29, 0.717) is 6.61 Å². The maximum Gasteiger partial charge on any atom is 0.122 e. The van der Waals surface area contributed by atoms with Gasteiger partial charge in [0.15, 0.2) is 0 Å². The van der Waals surface area contributed by atoms with Gasteiger partial charge in [0.25, 0.3) is 0 Å². The number of hydrogen-bond acceptors (Lipinski definition) is 3. The third-order valence-electron chi connectivity index (χ3n) is 3.16. The summed E-state index contributed by atoms with van der Waals surface area (Å²) in [5.41, 5.74) is 2.20. The molecule has 2 aromatic carbocycles. The van der Waals surface area contributed by atoms with Crippen LogP contribution in [0.4, 0.5) is 5.69 Å². The number of hydrogen-bond donors (Lipinski definition) is 1. The van der Waals surface area contributed by atoms with Crippen LogP contribution < -0.4 is 14.8 Å². The summed E-state index contributed by atoms with van der Waals surface area (Å²) in [6.45, 7) is 7.52. The second-order valence-corrected chi connectivity index (χ2v) is 5.04. The molecule has 0 aliphatic rings. The molecule has 0 aromatic heterocycles. The Morgan fingerprint density at radius 2 is 1.90 bits per heavy atom. The van der Waals surface area contributed by atoms with Crippen molar-refractivity contribution in [2.45, 2.75) is 26.9 Å². The Morgan fingerprint density at radius 3 is 2.67 bits per heavy atom. The van der Waals surface area contributed by atoms with Crippen molar-refractivity contribution < 1.29 is 9.47 Å². The molecule has 112 valence electrons. The van der Waals surface area contributed by atoms with Gasteiger partial charge >= 0.3 is 0 Å². The highest BCUT2D eigenvalue weighted by atomic mass is 16.5. The van der Waals surface area contributed by atoms with E-state index in [1.807, 2.05) is 49.4 Å². The molecule has 0 aliphatic carbocycles. The van der Waals surface area contributed by atoms with Gasteiger partial charge in [-0.25, -0.2) is 0 Å². The van der Waals surface area contributed by atoms with Crippen LogP contribution in [0.25, 0.3) is 0 Å². The molecule has 2 rings (SSSR count). The van der Waals surface area contributed by atoms with E-state index in [9.17, 15) is 0 Å². The van der Waals surface area contributed by atoms with E-state index in [4.69, 9.17) is 9.47 Å². The third kappa shape index (κ3) is 4.71. The highest BCUT2D eigenvalue weighted by Crippen LogP contribution is 2.19. The zero-order valence-corrected chi connectivity index (χ0v) is 12.9. The molecule has 1 atom stereocenters. The fraction of sp³-hybridized carbons (Fsp3) is 0.333. The first-order valence-electron chi connectivity index (χ1n) is 7.38. The van der Waals surface area contributed by atoms with Gasteiger partial charge in [-0.15, -0.1) is 0 Å². The number of para-hydroxylation sites is 1. The molecular formula is C18H23NO2. The van der Waals surface area contributed by atoms with Gasteiger partial charge < -0.3 is 14.8 Å². The zero-order chi connectivity index (χ0) is 15.1. The molecule has 21 heavy (non-hydrogen) atoms. The molecule has 1 unspecified atom stereocenters. The van der Waals surface area contributed by atoms with Crippen LogP contribution in [-0.4, -0.2) is 19.3 Å². The fourth-order valence-corrected chi connectivity index (χ4v) is 2.07. The maximum absolute atomic E-state index is 5.95. The first kappa shape index (κ1) is 15.2. The third-order valence-corrected chi connectivity index (χ3v) is 3.16. The van der Waals surface area contributed by atoms with Crippen molar-refractivity contribution in [3.63, 3.8) is 0 Å². The van der Waals surface area contributed by atoms with Crippen LogP contribution >= 0.6 is 0 Å². The fourth-order valence-electron chi connectivity index (χ4n) is 2.07. The van der Waals surface area contributed by atoms with Crippen LogP contribution in [0.2, 0.25) is 0 Å². The minimum absolute atomic E-state index is 0.0850. The second-order valence-electron chi connectivity index (χ2n) is 5.04. The lowest BCUT2D eigenvalue weighted by molar-refractivity contribution is 0.233. The first-order valence-corrected chi connectivity index (χ1v) is 7.38. The first-order chi connectivity index (χ1) is 10.2. The van der Waals surface area contributed by atoms with Crippen molar-refractivity contribution in [1.82, 2.24) is 0 Å². The quantitative estimate of drug-likeness (QED) is 0.824. The van der Waals surface area contributed by atoms with Crippen LogP contribution in [0.15, 0.2) is 48.5 Å². The standard InChI is InChI=1S/C18H23NO2/c1-4-20-17-10-7-9-16(12-17)19-13-15(3)21-18-11-6-5-8-14(18)2/h5-12,15,19H,4,13H2,1-3H3. The number of ether oxygens (including phenoxy) is 2. The molecule has 1 N–H and O–H groups in total. The van der Waals surface area contributed by atoms with Gasteiger partial charge in [-0.1, -0.05) is 24.3 Å². The summed E-state index contributed by atoms with van der Waals surface area (Å²) in [4.78, 5) is 0. The summed E-state index contributed by atoms with van der Waals surface area (Å²) in [5.74, 6) is 1.82. The van der Waals surface area contributed by atoms with Crippen LogP contribution in [0.1, 0.15) is 19.4 Å². The van der Waals surface area contributed by atoms with Gasteiger partial charge in [0.05, 0.1) is 13.2 Å². The van der Waals surface area contributed by atoms with Crippen LogP contribution in [0.3, 0.4) is 0 Å². The zero-order valence-electron chi connectivity index (χ0n) is 12.9. The monoisotopic (exact) mass is 285 g/mol. The molecule has 0 fully saturated rings. The summed E-state index contributed by atoms with van der Waals surface area (Å²) >= 11 is 0. The molecule has 0 bridgehead atoms. The molecule has 3 nitrogen and oxygen atoms in total. The highest BCUT2D eigenvalue weighted by molar-refractivity contribution is 5.48. The van der Waals surface area contributed by atoms with E-state index in [-0.39, 0.29) is 6.10 Å². The van der Waals surface area contributed by atoms with Gasteiger partial charge in [-0.2, -0.15) is 0 Å². The number of benzene rings is 2. The Labute approximate surface area is 126 Å². The lowest BCUT2D eigenvalue weighted by atomic mass is 10.2. The average Bonchev–Trinajstić information content (AvgIpc) is 2.48. The number of anilines is 1. The van der Waals surface area contributed by atoms with Crippen molar-refractivity contribution in [2.75, 3.05) is 18.5 Å². The molecular weight excluding hydrogens is 262 g/mol. The molecule has 0 saturated carbocycles.